The molecule has 0 fully saturated rings. The number of nitrogens with two attached hydrogens (primary N) is 1. The molecule has 0 unspecified atom stereocenters. The number of rotatable bonds is 4. The van der Waals surface area contributed by atoms with Gasteiger partial charge in [-0.25, -0.2) is 0 Å². The molecule has 0 saturated heterocycles. The maximum atomic E-state index is 12.2. The van der Waals surface area contributed by atoms with Crippen LogP contribution in [0.1, 0.15) is 10.5 Å². The van der Waals surface area contributed by atoms with Gasteiger partial charge in [0.2, 0.25) is 0 Å². The lowest BCUT2D eigenvalue weighted by Gasteiger charge is -2.13. The average molecular weight is 299 g/mol. The van der Waals surface area contributed by atoms with Gasteiger partial charge in [0.1, 0.15) is 11.4 Å². The number of nitrogen functional groups attached to an aromatic ring is 1. The molecule has 0 atom stereocenters. The van der Waals surface area contributed by atoms with Crippen LogP contribution in [-0.4, -0.2) is 23.7 Å². The van der Waals surface area contributed by atoms with E-state index in [2.05, 4.69) is 15.0 Å². The summed E-state index contributed by atoms with van der Waals surface area (Å²) in [4.78, 5) is 14.5. The lowest BCUT2D eigenvalue weighted by molar-refractivity contribution is -0.153. The molecule has 1 heterocycles. The van der Waals surface area contributed by atoms with E-state index in [1.54, 1.807) is 6.07 Å². The Morgan fingerprint density at radius 2 is 2.05 bits per heavy atom. The van der Waals surface area contributed by atoms with Crippen LogP contribution in [0.3, 0.4) is 0 Å². The molecule has 1 aromatic carbocycles. The van der Waals surface area contributed by atoms with E-state index in [-0.39, 0.29) is 17.1 Å². The number of hydrogen-bond acceptors (Lipinski definition) is 3. The Balaban J connectivity index is 2.11. The molecule has 0 bridgehead atoms. The minimum Gasteiger partial charge on any atom is -0.482 e. The second-order valence-corrected chi connectivity index (χ2v) is 4.20. The Bertz CT molecular complexity index is 638. The molecule has 0 aliphatic carbocycles. The van der Waals surface area contributed by atoms with E-state index >= 15 is 0 Å². The number of nitrogens with one attached hydrogen (secondary N) is 2. The molecule has 0 aliphatic heterocycles. The highest BCUT2D eigenvalue weighted by molar-refractivity contribution is 6.04. The summed E-state index contributed by atoms with van der Waals surface area (Å²) in [5.41, 5.74) is 6.18. The number of aromatic nitrogens is 1. The smallest absolute Gasteiger partial charge is 0.422 e. The predicted octanol–water partition coefficient (Wildman–Crippen LogP) is 2.79. The van der Waals surface area contributed by atoms with Gasteiger partial charge in [0.25, 0.3) is 5.91 Å². The molecule has 2 rings (SSSR count). The van der Waals surface area contributed by atoms with Crippen molar-refractivity contribution in [1.82, 2.24) is 4.98 Å². The zero-order valence-corrected chi connectivity index (χ0v) is 10.7. The van der Waals surface area contributed by atoms with Crippen molar-refractivity contribution in [3.05, 3.63) is 42.2 Å². The number of alkyl halides is 3. The quantitative estimate of drug-likeness (QED) is 0.812. The fraction of sp³-hybridized carbons (Fsp3) is 0.154. The van der Waals surface area contributed by atoms with Crippen LogP contribution in [-0.2, 0) is 0 Å². The SMILES string of the molecule is Nc1c[nH]c(C(=O)Nc2ccccc2OCC(F)(F)F)c1. The number of hydrogen-bond donors (Lipinski definition) is 3. The molecule has 0 saturated carbocycles. The number of halogens is 3. The van der Waals surface area contributed by atoms with Crippen LogP contribution < -0.4 is 15.8 Å². The number of carbonyl (C=O) groups is 1. The molecular formula is C13H12F3N3O2. The standard InChI is InChI=1S/C13H12F3N3O2/c14-13(15,16)7-21-11-4-2-1-3-9(11)19-12(20)10-5-8(17)6-18-10/h1-6,18H,7,17H2,(H,19,20). The van der Waals surface area contributed by atoms with Gasteiger partial charge >= 0.3 is 6.18 Å². The Kier molecular flexibility index (Phi) is 4.06. The lowest BCUT2D eigenvalue weighted by atomic mass is 10.2. The molecule has 5 nitrogen and oxygen atoms in total. The van der Waals surface area contributed by atoms with Gasteiger partial charge in [-0.05, 0) is 18.2 Å². The summed E-state index contributed by atoms with van der Waals surface area (Å²) >= 11 is 0. The van der Waals surface area contributed by atoms with E-state index in [1.165, 1.54) is 30.5 Å². The molecule has 8 heteroatoms. The van der Waals surface area contributed by atoms with E-state index in [0.717, 1.165) is 0 Å². The van der Waals surface area contributed by atoms with Gasteiger partial charge in [-0.3, -0.25) is 4.79 Å². The maximum absolute atomic E-state index is 12.2. The van der Waals surface area contributed by atoms with Crippen molar-refractivity contribution in [1.29, 1.82) is 0 Å². The highest BCUT2D eigenvalue weighted by Crippen LogP contribution is 2.26. The van der Waals surface area contributed by atoms with Gasteiger partial charge in [0, 0.05) is 11.9 Å². The molecule has 1 aromatic heterocycles. The number of amides is 1. The predicted molar refractivity (Wildman–Crippen MR) is 71.2 cm³/mol. The third-order valence-electron chi connectivity index (χ3n) is 2.48. The molecule has 0 radical (unpaired) electrons. The van der Waals surface area contributed by atoms with Gasteiger partial charge in [-0.15, -0.1) is 0 Å². The van der Waals surface area contributed by atoms with Crippen LogP contribution in [0.5, 0.6) is 5.75 Å². The van der Waals surface area contributed by atoms with E-state index in [0.29, 0.717) is 5.69 Å². The molecular weight excluding hydrogens is 287 g/mol. The molecule has 0 aliphatic rings. The van der Waals surface area contributed by atoms with E-state index in [1.807, 2.05) is 0 Å². The van der Waals surface area contributed by atoms with Crippen molar-refractivity contribution in [2.45, 2.75) is 6.18 Å². The number of para-hydroxylation sites is 2. The Labute approximate surface area is 117 Å². The third-order valence-corrected chi connectivity index (χ3v) is 2.48. The minimum absolute atomic E-state index is 0.0669. The highest BCUT2D eigenvalue weighted by Gasteiger charge is 2.28. The fourth-order valence-electron chi connectivity index (χ4n) is 1.59. The summed E-state index contributed by atoms with van der Waals surface area (Å²) in [5, 5.41) is 2.46. The second kappa shape index (κ2) is 5.78. The number of ether oxygens (including phenoxy) is 1. The first-order chi connectivity index (χ1) is 9.85. The normalized spacial score (nSPS) is 11.2. The Morgan fingerprint density at radius 3 is 2.67 bits per heavy atom. The van der Waals surface area contributed by atoms with Gasteiger partial charge in [-0.2, -0.15) is 13.2 Å². The van der Waals surface area contributed by atoms with Crippen molar-refractivity contribution >= 4 is 17.3 Å². The summed E-state index contributed by atoms with van der Waals surface area (Å²) < 4.78 is 41.2. The van der Waals surface area contributed by atoms with Crippen LogP contribution in [0.4, 0.5) is 24.5 Å². The second-order valence-electron chi connectivity index (χ2n) is 4.20. The van der Waals surface area contributed by atoms with Gasteiger partial charge in [-0.1, -0.05) is 12.1 Å². The average Bonchev–Trinajstić information content (AvgIpc) is 2.83. The molecule has 1 amide bonds. The summed E-state index contributed by atoms with van der Waals surface area (Å²) in [6.07, 6.45) is -3.02. The van der Waals surface area contributed by atoms with Crippen molar-refractivity contribution in [2.75, 3.05) is 17.7 Å². The first kappa shape index (κ1) is 14.8. The zero-order valence-electron chi connectivity index (χ0n) is 10.7. The van der Waals surface area contributed by atoms with Gasteiger partial charge in [0.15, 0.2) is 6.61 Å². The van der Waals surface area contributed by atoms with Crippen molar-refractivity contribution in [3.8, 4) is 5.75 Å². The molecule has 2 aromatic rings. The first-order valence-corrected chi connectivity index (χ1v) is 5.89. The third kappa shape index (κ3) is 4.16. The van der Waals surface area contributed by atoms with Crippen molar-refractivity contribution < 1.29 is 22.7 Å². The van der Waals surface area contributed by atoms with Crippen molar-refractivity contribution in [3.63, 3.8) is 0 Å². The number of carbonyl (C=O) groups excluding carboxylic acids is 1. The van der Waals surface area contributed by atoms with E-state index in [4.69, 9.17) is 5.73 Å². The monoisotopic (exact) mass is 299 g/mol. The summed E-state index contributed by atoms with van der Waals surface area (Å²) in [5.74, 6) is -0.600. The zero-order chi connectivity index (χ0) is 15.5. The molecule has 21 heavy (non-hydrogen) atoms. The largest absolute Gasteiger partial charge is 0.482 e. The van der Waals surface area contributed by atoms with Crippen LogP contribution in [0.2, 0.25) is 0 Å². The van der Waals surface area contributed by atoms with E-state index in [9.17, 15) is 18.0 Å². The first-order valence-electron chi connectivity index (χ1n) is 5.89. The van der Waals surface area contributed by atoms with Gasteiger partial charge in [0.05, 0.1) is 5.69 Å². The molecule has 112 valence electrons. The summed E-state index contributed by atoms with van der Waals surface area (Å²) in [7, 11) is 0. The van der Waals surface area contributed by atoms with Crippen LogP contribution in [0.15, 0.2) is 36.5 Å². The summed E-state index contributed by atoms with van der Waals surface area (Å²) in [6.45, 7) is -1.44. The van der Waals surface area contributed by atoms with Crippen LogP contribution in [0, 0.1) is 0 Å². The highest BCUT2D eigenvalue weighted by atomic mass is 19.4. The topological polar surface area (TPSA) is 80.1 Å². The van der Waals surface area contributed by atoms with Crippen LogP contribution in [0.25, 0.3) is 0 Å². The summed E-state index contributed by atoms with van der Waals surface area (Å²) in [6, 6.07) is 7.27. The molecule has 4 N–H and O–H groups in total. The number of anilines is 2. The van der Waals surface area contributed by atoms with Gasteiger partial charge < -0.3 is 20.8 Å². The van der Waals surface area contributed by atoms with Crippen molar-refractivity contribution in [2.24, 2.45) is 0 Å². The fourth-order valence-corrected chi connectivity index (χ4v) is 1.59. The lowest BCUT2D eigenvalue weighted by Crippen LogP contribution is -2.20. The van der Waals surface area contributed by atoms with Crippen LogP contribution >= 0.6 is 0 Å². The minimum atomic E-state index is -4.45. The Morgan fingerprint density at radius 1 is 1.33 bits per heavy atom. The Hall–Kier alpha value is -2.64. The maximum Gasteiger partial charge on any atom is 0.422 e. The molecule has 0 spiro atoms. The van der Waals surface area contributed by atoms with E-state index < -0.39 is 18.7 Å². The number of benzene rings is 1. The number of aromatic amines is 1. The number of H-pyrrole nitrogens is 1.